The number of nitriles is 1. The summed E-state index contributed by atoms with van der Waals surface area (Å²) in [6.07, 6.45) is 9.07. The molecule has 2 aliphatic heterocycles. The number of rotatable bonds is 6. The molecule has 3 aliphatic rings. The van der Waals surface area contributed by atoms with Crippen molar-refractivity contribution in [1.82, 2.24) is 4.90 Å². The minimum atomic E-state index is -0.737. The van der Waals surface area contributed by atoms with Crippen molar-refractivity contribution >= 4 is 5.78 Å². The topological polar surface area (TPSA) is 73.6 Å². The number of fused-ring (bicyclic) bond motifs is 1. The zero-order valence-electron chi connectivity index (χ0n) is 17.0. The van der Waals surface area contributed by atoms with Crippen LogP contribution >= 0.6 is 0 Å². The lowest BCUT2D eigenvalue weighted by atomic mass is 9.81. The summed E-state index contributed by atoms with van der Waals surface area (Å²) < 4.78 is 18.8. The van der Waals surface area contributed by atoms with Gasteiger partial charge in [-0.15, -0.1) is 0 Å². The number of carbonyl (C=O) groups excluding carboxylic acids is 1. The Bertz CT molecular complexity index is 910. The van der Waals surface area contributed by atoms with Crippen molar-refractivity contribution in [3.05, 3.63) is 59.1 Å². The summed E-state index contributed by atoms with van der Waals surface area (Å²) >= 11 is 0. The van der Waals surface area contributed by atoms with Gasteiger partial charge in [-0.25, -0.2) is 4.39 Å². The van der Waals surface area contributed by atoms with Crippen LogP contribution in [0.2, 0.25) is 0 Å². The third-order valence-electron chi connectivity index (χ3n) is 6.69. The molecule has 0 radical (unpaired) electrons. The molecule has 1 aromatic rings. The fraction of sp³-hybridized carbons (Fsp3) is 0.500. The van der Waals surface area contributed by atoms with Crippen LogP contribution < -0.4 is 0 Å². The van der Waals surface area contributed by atoms with Gasteiger partial charge in [0, 0.05) is 24.6 Å². The number of ketones is 1. The molecule has 158 valence electrons. The number of likely N-dealkylation sites (tertiary alicyclic amines) is 1. The van der Waals surface area contributed by atoms with Gasteiger partial charge in [0.15, 0.2) is 5.78 Å². The maximum Gasteiger partial charge on any atom is 0.150 e. The third kappa shape index (κ3) is 4.48. The Morgan fingerprint density at radius 2 is 2.13 bits per heavy atom. The van der Waals surface area contributed by atoms with E-state index in [-0.39, 0.29) is 23.2 Å². The number of benzene rings is 1. The summed E-state index contributed by atoms with van der Waals surface area (Å²) in [5, 5.41) is 19.9. The molecule has 0 spiro atoms. The highest BCUT2D eigenvalue weighted by molar-refractivity contribution is 5.90. The third-order valence-corrected chi connectivity index (χ3v) is 6.69. The van der Waals surface area contributed by atoms with Gasteiger partial charge in [-0.3, -0.25) is 4.79 Å². The highest BCUT2D eigenvalue weighted by Crippen LogP contribution is 2.32. The predicted octanol–water partition coefficient (Wildman–Crippen LogP) is 3.13. The van der Waals surface area contributed by atoms with Crippen molar-refractivity contribution in [1.29, 1.82) is 5.26 Å². The first-order chi connectivity index (χ1) is 14.5. The number of allylic oxidation sites excluding steroid dienone is 2. The van der Waals surface area contributed by atoms with E-state index in [9.17, 15) is 14.3 Å². The normalized spacial score (nSPS) is 25.4. The monoisotopic (exact) mass is 410 g/mol. The van der Waals surface area contributed by atoms with Gasteiger partial charge in [0.05, 0.1) is 23.3 Å². The van der Waals surface area contributed by atoms with Crippen molar-refractivity contribution in [3.63, 3.8) is 0 Å². The van der Waals surface area contributed by atoms with Crippen LogP contribution in [0.5, 0.6) is 0 Å². The Morgan fingerprint density at radius 3 is 2.90 bits per heavy atom. The fourth-order valence-corrected chi connectivity index (χ4v) is 4.59. The van der Waals surface area contributed by atoms with E-state index in [0.717, 1.165) is 37.2 Å². The highest BCUT2D eigenvalue weighted by atomic mass is 19.1. The first kappa shape index (κ1) is 20.8. The van der Waals surface area contributed by atoms with Crippen molar-refractivity contribution in [3.8, 4) is 6.07 Å². The quantitative estimate of drug-likeness (QED) is 0.780. The second-order valence-electron chi connectivity index (χ2n) is 8.65. The van der Waals surface area contributed by atoms with Gasteiger partial charge in [0.25, 0.3) is 0 Å². The Kier molecular flexibility index (Phi) is 6.03. The van der Waals surface area contributed by atoms with Gasteiger partial charge < -0.3 is 14.7 Å². The number of piperidine rings is 1. The number of hydrogen-bond donors (Lipinski definition) is 1. The number of nitrogens with zero attached hydrogens (tertiary/aromatic N) is 2. The van der Waals surface area contributed by atoms with Gasteiger partial charge >= 0.3 is 0 Å². The van der Waals surface area contributed by atoms with Gasteiger partial charge in [-0.05, 0) is 56.3 Å². The van der Waals surface area contributed by atoms with Gasteiger partial charge in [-0.1, -0.05) is 18.2 Å². The number of aliphatic hydroxyl groups is 1. The molecule has 2 atom stereocenters. The summed E-state index contributed by atoms with van der Waals surface area (Å²) in [7, 11) is 0. The molecule has 2 heterocycles. The number of carbonyl (C=O) groups is 1. The standard InChI is InChI=1S/C24H27FN2O3/c25-22-4-1-17(13-20(22)14-26)5-7-24(29)8-11-27(12-9-24)10-6-18-2-3-19-15-30-16-21(19)23(18)28/h1-4,13,15,18,21,29H,5-12,16H2. The summed E-state index contributed by atoms with van der Waals surface area (Å²) in [4.78, 5) is 14.9. The molecule has 0 bridgehead atoms. The van der Waals surface area contributed by atoms with Gasteiger partial charge in [-0.2, -0.15) is 5.26 Å². The van der Waals surface area contributed by atoms with E-state index in [4.69, 9.17) is 10.00 Å². The molecular weight excluding hydrogens is 383 g/mol. The van der Waals surface area contributed by atoms with Gasteiger partial charge in [0.1, 0.15) is 18.5 Å². The van der Waals surface area contributed by atoms with E-state index < -0.39 is 11.4 Å². The smallest absolute Gasteiger partial charge is 0.150 e. The van der Waals surface area contributed by atoms with Crippen LogP contribution in [0.4, 0.5) is 4.39 Å². The SMILES string of the molecule is N#Cc1cc(CCC2(O)CCN(CCC3C=CC4=COCC4C3=O)CC2)ccc1F. The molecule has 30 heavy (non-hydrogen) atoms. The lowest BCUT2D eigenvalue weighted by Crippen LogP contribution is -2.45. The predicted molar refractivity (Wildman–Crippen MR) is 110 cm³/mol. The van der Waals surface area contributed by atoms with Crippen LogP contribution in [0.25, 0.3) is 0 Å². The molecule has 1 aliphatic carbocycles. The van der Waals surface area contributed by atoms with E-state index in [0.29, 0.717) is 32.3 Å². The van der Waals surface area contributed by atoms with Crippen molar-refractivity contribution < 1.29 is 19.0 Å². The number of aryl methyl sites for hydroxylation is 1. The van der Waals surface area contributed by atoms with Gasteiger partial charge in [0.2, 0.25) is 0 Å². The maximum absolute atomic E-state index is 13.5. The minimum Gasteiger partial charge on any atom is -0.500 e. The van der Waals surface area contributed by atoms with Crippen LogP contribution in [0, 0.1) is 29.0 Å². The first-order valence-corrected chi connectivity index (χ1v) is 10.6. The van der Waals surface area contributed by atoms with E-state index in [1.54, 1.807) is 18.4 Å². The summed E-state index contributed by atoms with van der Waals surface area (Å²) in [5.41, 5.74) is 1.17. The molecule has 1 saturated heterocycles. The Balaban J connectivity index is 1.23. The lowest BCUT2D eigenvalue weighted by molar-refractivity contribution is -0.125. The van der Waals surface area contributed by atoms with Crippen molar-refractivity contribution in [2.45, 2.75) is 37.7 Å². The molecular formula is C24H27FN2O3. The van der Waals surface area contributed by atoms with Crippen molar-refractivity contribution in [2.24, 2.45) is 11.8 Å². The Labute approximate surface area is 176 Å². The average Bonchev–Trinajstić information content (AvgIpc) is 3.24. The molecule has 1 fully saturated rings. The number of hydrogen-bond acceptors (Lipinski definition) is 5. The number of ether oxygens (including phenoxy) is 1. The molecule has 4 rings (SSSR count). The van der Waals surface area contributed by atoms with E-state index in [1.807, 2.05) is 18.2 Å². The molecule has 1 N–H and O–H groups in total. The lowest BCUT2D eigenvalue weighted by Gasteiger charge is -2.38. The van der Waals surface area contributed by atoms with E-state index in [1.165, 1.54) is 6.07 Å². The second kappa shape index (κ2) is 8.71. The Morgan fingerprint density at radius 1 is 1.33 bits per heavy atom. The molecule has 0 aromatic heterocycles. The summed E-state index contributed by atoms with van der Waals surface area (Å²) in [6.45, 7) is 2.90. The molecule has 1 aromatic carbocycles. The summed E-state index contributed by atoms with van der Waals surface area (Å²) in [6, 6.07) is 6.43. The maximum atomic E-state index is 13.5. The second-order valence-corrected chi connectivity index (χ2v) is 8.65. The van der Waals surface area contributed by atoms with Crippen LogP contribution in [0.1, 0.15) is 36.8 Å². The van der Waals surface area contributed by atoms with E-state index in [2.05, 4.69) is 4.90 Å². The molecule has 5 nitrogen and oxygen atoms in total. The van der Waals surface area contributed by atoms with Crippen LogP contribution in [-0.2, 0) is 16.0 Å². The molecule has 0 amide bonds. The van der Waals surface area contributed by atoms with Crippen LogP contribution in [0.3, 0.4) is 0 Å². The van der Waals surface area contributed by atoms with E-state index >= 15 is 0 Å². The Hall–Kier alpha value is -2.49. The van der Waals surface area contributed by atoms with Crippen molar-refractivity contribution in [2.75, 3.05) is 26.2 Å². The molecule has 0 saturated carbocycles. The first-order valence-electron chi connectivity index (χ1n) is 10.6. The fourth-order valence-electron chi connectivity index (χ4n) is 4.59. The molecule has 6 heteroatoms. The minimum absolute atomic E-state index is 0.0485. The highest BCUT2D eigenvalue weighted by Gasteiger charge is 2.35. The average molecular weight is 410 g/mol. The number of Topliss-reactive ketones (excluding diaryl/α,β-unsaturated/α-hetero) is 1. The number of halogens is 1. The molecule has 2 unspecified atom stereocenters. The summed E-state index contributed by atoms with van der Waals surface area (Å²) in [5.74, 6) is -0.403. The zero-order chi connectivity index (χ0) is 21.1. The largest absolute Gasteiger partial charge is 0.500 e. The van der Waals surface area contributed by atoms with Crippen LogP contribution in [0.15, 0.2) is 42.2 Å². The van der Waals surface area contributed by atoms with Crippen LogP contribution in [-0.4, -0.2) is 47.6 Å². The zero-order valence-corrected chi connectivity index (χ0v) is 17.0.